The summed E-state index contributed by atoms with van der Waals surface area (Å²) in [5.74, 6) is 0. The summed E-state index contributed by atoms with van der Waals surface area (Å²) in [6.45, 7) is 1.26. The van der Waals surface area contributed by atoms with Crippen LogP contribution in [0.1, 0.15) is 12.5 Å². The summed E-state index contributed by atoms with van der Waals surface area (Å²) in [6, 6.07) is 0.350. The zero-order valence-corrected chi connectivity index (χ0v) is 10.9. The number of nitro groups is 2. The SMILES string of the molecule is C/C(Cl)=N/Nc1c([N+](=O)[O-])cc(C(F)(F)F)cc1[N+](=O)[O-]. The molecule has 0 amide bonds. The molecule has 0 saturated heterocycles. The van der Waals surface area contributed by atoms with Gasteiger partial charge in [-0.05, 0) is 6.92 Å². The number of halogens is 4. The van der Waals surface area contributed by atoms with Crippen molar-refractivity contribution in [2.75, 3.05) is 5.43 Å². The molecule has 0 aromatic heterocycles. The van der Waals surface area contributed by atoms with E-state index in [2.05, 4.69) is 5.10 Å². The molecule has 0 radical (unpaired) electrons. The van der Waals surface area contributed by atoms with Crippen molar-refractivity contribution in [2.45, 2.75) is 13.1 Å². The highest BCUT2D eigenvalue weighted by Crippen LogP contribution is 2.41. The highest BCUT2D eigenvalue weighted by Gasteiger charge is 2.37. The Kier molecular flexibility index (Phi) is 4.68. The zero-order chi connectivity index (χ0) is 16.4. The third kappa shape index (κ3) is 4.02. The first-order valence-corrected chi connectivity index (χ1v) is 5.41. The van der Waals surface area contributed by atoms with Gasteiger partial charge < -0.3 is 0 Å². The van der Waals surface area contributed by atoms with Crippen molar-refractivity contribution in [3.63, 3.8) is 0 Å². The molecule has 114 valence electrons. The molecule has 0 saturated carbocycles. The Bertz CT molecular complexity index is 593. The predicted molar refractivity (Wildman–Crippen MR) is 67.3 cm³/mol. The third-order valence-corrected chi connectivity index (χ3v) is 2.22. The van der Waals surface area contributed by atoms with E-state index in [0.29, 0.717) is 0 Å². The molecule has 0 atom stereocenters. The fourth-order valence-electron chi connectivity index (χ4n) is 1.31. The maximum absolute atomic E-state index is 12.6. The van der Waals surface area contributed by atoms with Crippen LogP contribution in [0.15, 0.2) is 17.2 Å². The standard InChI is InChI=1S/C9H6ClF3N4O4/c1-4(10)14-15-8-6(16(18)19)2-5(9(11,12)13)3-7(8)17(20)21/h2-3,15H,1H3/b14-4-. The Morgan fingerprint density at radius 3 is 1.95 bits per heavy atom. The van der Waals surface area contributed by atoms with Crippen LogP contribution in [-0.2, 0) is 6.18 Å². The number of anilines is 1. The van der Waals surface area contributed by atoms with Crippen LogP contribution in [0, 0.1) is 20.2 Å². The van der Waals surface area contributed by atoms with Gasteiger partial charge in [0.2, 0.25) is 5.69 Å². The number of benzene rings is 1. The van der Waals surface area contributed by atoms with Gasteiger partial charge in [0, 0.05) is 12.1 Å². The number of hydrogen-bond acceptors (Lipinski definition) is 6. The van der Waals surface area contributed by atoms with Crippen LogP contribution >= 0.6 is 11.6 Å². The van der Waals surface area contributed by atoms with Gasteiger partial charge >= 0.3 is 17.6 Å². The molecule has 0 spiro atoms. The second kappa shape index (κ2) is 5.91. The first-order chi connectivity index (χ1) is 9.54. The number of rotatable bonds is 4. The molecule has 8 nitrogen and oxygen atoms in total. The zero-order valence-electron chi connectivity index (χ0n) is 10.1. The molecular formula is C9H6ClF3N4O4. The number of alkyl halides is 3. The van der Waals surface area contributed by atoms with E-state index >= 15 is 0 Å². The molecular weight excluding hydrogens is 321 g/mol. The molecule has 0 aliphatic rings. The van der Waals surface area contributed by atoms with Crippen LogP contribution in [0.25, 0.3) is 0 Å². The molecule has 1 rings (SSSR count). The smallest absolute Gasteiger partial charge is 0.265 e. The lowest BCUT2D eigenvalue weighted by molar-refractivity contribution is -0.392. The summed E-state index contributed by atoms with van der Waals surface area (Å²) in [5.41, 5.74) is -2.66. The van der Waals surface area contributed by atoms with Crippen molar-refractivity contribution in [1.82, 2.24) is 0 Å². The maximum atomic E-state index is 12.6. The Hall–Kier alpha value is -2.43. The molecule has 0 aliphatic heterocycles. The van der Waals surface area contributed by atoms with Gasteiger partial charge in [0.1, 0.15) is 5.17 Å². The molecule has 0 unspecified atom stereocenters. The fraction of sp³-hybridized carbons (Fsp3) is 0.222. The summed E-state index contributed by atoms with van der Waals surface area (Å²) in [5, 5.41) is 24.8. The van der Waals surface area contributed by atoms with Crippen LogP contribution in [0.5, 0.6) is 0 Å². The van der Waals surface area contributed by atoms with Gasteiger partial charge in [0.15, 0.2) is 0 Å². The van der Waals surface area contributed by atoms with Crippen molar-refractivity contribution in [3.05, 3.63) is 37.9 Å². The van der Waals surface area contributed by atoms with Crippen LogP contribution in [0.2, 0.25) is 0 Å². The van der Waals surface area contributed by atoms with Crippen LogP contribution in [0.4, 0.5) is 30.2 Å². The van der Waals surface area contributed by atoms with Crippen molar-refractivity contribution in [2.24, 2.45) is 5.10 Å². The lowest BCUT2D eigenvalue weighted by Gasteiger charge is -2.09. The van der Waals surface area contributed by atoms with Gasteiger partial charge in [-0.2, -0.15) is 18.3 Å². The summed E-state index contributed by atoms with van der Waals surface area (Å²) in [6.07, 6.45) is -4.97. The van der Waals surface area contributed by atoms with Gasteiger partial charge in [-0.1, -0.05) is 11.6 Å². The number of hydrazone groups is 1. The van der Waals surface area contributed by atoms with E-state index in [4.69, 9.17) is 11.6 Å². The lowest BCUT2D eigenvalue weighted by Crippen LogP contribution is -2.09. The minimum atomic E-state index is -4.97. The summed E-state index contributed by atoms with van der Waals surface area (Å²) >= 11 is 5.36. The number of nitrogens with one attached hydrogen (secondary N) is 1. The van der Waals surface area contributed by atoms with E-state index in [9.17, 15) is 33.4 Å². The van der Waals surface area contributed by atoms with E-state index in [1.807, 2.05) is 5.43 Å². The number of nitro benzene ring substituents is 2. The van der Waals surface area contributed by atoms with Gasteiger partial charge in [0.05, 0.1) is 15.4 Å². The Morgan fingerprint density at radius 1 is 1.24 bits per heavy atom. The van der Waals surface area contributed by atoms with Gasteiger partial charge in [0.25, 0.3) is 0 Å². The molecule has 1 N–H and O–H groups in total. The van der Waals surface area contributed by atoms with Crippen LogP contribution in [-0.4, -0.2) is 15.0 Å². The topological polar surface area (TPSA) is 111 Å². The van der Waals surface area contributed by atoms with E-state index < -0.39 is 38.6 Å². The highest BCUT2D eigenvalue weighted by molar-refractivity contribution is 6.64. The van der Waals surface area contributed by atoms with Gasteiger partial charge in [-0.15, -0.1) is 0 Å². The molecule has 0 bridgehead atoms. The minimum absolute atomic E-state index is 0.154. The number of nitrogens with zero attached hydrogens (tertiary/aromatic N) is 3. The third-order valence-electron chi connectivity index (χ3n) is 2.14. The normalized spacial score (nSPS) is 12.1. The first kappa shape index (κ1) is 16.6. The lowest BCUT2D eigenvalue weighted by atomic mass is 10.1. The average molecular weight is 327 g/mol. The second-order valence-electron chi connectivity index (χ2n) is 3.62. The minimum Gasteiger partial charge on any atom is -0.265 e. The second-order valence-corrected chi connectivity index (χ2v) is 4.17. The van der Waals surface area contributed by atoms with Crippen molar-refractivity contribution in [3.8, 4) is 0 Å². The molecule has 0 heterocycles. The molecule has 21 heavy (non-hydrogen) atoms. The number of hydrogen-bond donors (Lipinski definition) is 1. The molecule has 1 aromatic carbocycles. The molecule has 12 heteroatoms. The summed E-state index contributed by atoms with van der Waals surface area (Å²) < 4.78 is 37.8. The van der Waals surface area contributed by atoms with Gasteiger partial charge in [-0.25, -0.2) is 0 Å². The van der Waals surface area contributed by atoms with Crippen molar-refractivity contribution >= 4 is 33.8 Å². The summed E-state index contributed by atoms with van der Waals surface area (Å²) in [7, 11) is 0. The van der Waals surface area contributed by atoms with E-state index in [-0.39, 0.29) is 17.3 Å². The maximum Gasteiger partial charge on any atom is 0.416 e. The van der Waals surface area contributed by atoms with Crippen molar-refractivity contribution < 1.29 is 23.0 Å². The van der Waals surface area contributed by atoms with E-state index in [1.54, 1.807) is 0 Å². The van der Waals surface area contributed by atoms with Crippen molar-refractivity contribution in [1.29, 1.82) is 0 Å². The fourth-order valence-corrected chi connectivity index (χ4v) is 1.35. The largest absolute Gasteiger partial charge is 0.416 e. The van der Waals surface area contributed by atoms with E-state index in [1.165, 1.54) is 6.92 Å². The van der Waals surface area contributed by atoms with E-state index in [0.717, 1.165) is 0 Å². The predicted octanol–water partition coefficient (Wildman–Crippen LogP) is 3.51. The summed E-state index contributed by atoms with van der Waals surface area (Å²) in [4.78, 5) is 19.2. The Morgan fingerprint density at radius 2 is 1.67 bits per heavy atom. The van der Waals surface area contributed by atoms with Crippen LogP contribution in [0.3, 0.4) is 0 Å². The quantitative estimate of drug-likeness (QED) is 0.517. The molecule has 0 aliphatic carbocycles. The average Bonchev–Trinajstić information content (AvgIpc) is 2.33. The Labute approximate surface area is 119 Å². The monoisotopic (exact) mass is 326 g/mol. The Balaban J connectivity index is 3.63. The molecule has 0 fully saturated rings. The first-order valence-electron chi connectivity index (χ1n) is 5.04. The molecule has 1 aromatic rings. The van der Waals surface area contributed by atoms with Gasteiger partial charge in [-0.3, -0.25) is 25.7 Å². The van der Waals surface area contributed by atoms with Crippen LogP contribution < -0.4 is 5.43 Å². The highest BCUT2D eigenvalue weighted by atomic mass is 35.5.